The van der Waals surface area contributed by atoms with Crippen molar-refractivity contribution in [2.24, 2.45) is 5.73 Å². The summed E-state index contributed by atoms with van der Waals surface area (Å²) < 4.78 is 0. The second-order valence-electron chi connectivity index (χ2n) is 3.12. The van der Waals surface area contributed by atoms with E-state index in [9.17, 15) is 0 Å². The fourth-order valence-corrected chi connectivity index (χ4v) is 1.75. The van der Waals surface area contributed by atoms with Gasteiger partial charge in [0, 0.05) is 18.4 Å². The van der Waals surface area contributed by atoms with Crippen LogP contribution in [0.15, 0.2) is 18.5 Å². The number of rotatable bonds is 4. The summed E-state index contributed by atoms with van der Waals surface area (Å²) in [5, 5.41) is 0. The minimum absolute atomic E-state index is 0.140. The summed E-state index contributed by atoms with van der Waals surface area (Å²) in [6.45, 7) is 2.08. The lowest BCUT2D eigenvalue weighted by molar-refractivity contribution is 0.697. The molecule has 72 valence electrons. The molecule has 1 unspecified atom stereocenters. The third kappa shape index (κ3) is 3.01. The highest BCUT2D eigenvalue weighted by Gasteiger charge is 2.07. The van der Waals surface area contributed by atoms with E-state index >= 15 is 0 Å². The van der Waals surface area contributed by atoms with Gasteiger partial charge in [0.05, 0.1) is 0 Å². The third-order valence-electron chi connectivity index (χ3n) is 2.11. The van der Waals surface area contributed by atoms with Gasteiger partial charge in [-0.1, -0.05) is 0 Å². The molecule has 0 saturated carbocycles. The molecule has 1 aromatic heterocycles. The van der Waals surface area contributed by atoms with E-state index in [-0.39, 0.29) is 6.04 Å². The summed E-state index contributed by atoms with van der Waals surface area (Å²) in [4.78, 5) is 4.09. The van der Waals surface area contributed by atoms with Crippen molar-refractivity contribution in [1.29, 1.82) is 0 Å². The van der Waals surface area contributed by atoms with Crippen LogP contribution in [0.2, 0.25) is 0 Å². The minimum Gasteiger partial charge on any atom is -0.324 e. The van der Waals surface area contributed by atoms with Crippen molar-refractivity contribution in [3.8, 4) is 0 Å². The first kappa shape index (κ1) is 10.5. The van der Waals surface area contributed by atoms with Gasteiger partial charge in [-0.3, -0.25) is 4.98 Å². The van der Waals surface area contributed by atoms with E-state index in [0.717, 1.165) is 12.2 Å². The first-order chi connectivity index (χ1) is 6.25. The number of thioether (sulfide) groups is 1. The van der Waals surface area contributed by atoms with Gasteiger partial charge >= 0.3 is 0 Å². The zero-order valence-electron chi connectivity index (χ0n) is 8.16. The molecule has 0 aromatic carbocycles. The van der Waals surface area contributed by atoms with E-state index in [0.29, 0.717) is 0 Å². The van der Waals surface area contributed by atoms with Gasteiger partial charge in [0.1, 0.15) is 0 Å². The lowest BCUT2D eigenvalue weighted by atomic mass is 10.0. The van der Waals surface area contributed by atoms with E-state index in [1.807, 2.05) is 24.0 Å². The number of nitrogens with two attached hydrogens (primary N) is 1. The van der Waals surface area contributed by atoms with E-state index in [4.69, 9.17) is 5.73 Å². The van der Waals surface area contributed by atoms with Crippen LogP contribution in [-0.4, -0.2) is 17.0 Å². The molecule has 0 amide bonds. The van der Waals surface area contributed by atoms with Gasteiger partial charge in [0.25, 0.3) is 0 Å². The van der Waals surface area contributed by atoms with Crippen LogP contribution in [0.1, 0.15) is 23.6 Å². The topological polar surface area (TPSA) is 38.9 Å². The van der Waals surface area contributed by atoms with E-state index in [2.05, 4.69) is 18.2 Å². The Morgan fingerprint density at radius 1 is 1.62 bits per heavy atom. The zero-order chi connectivity index (χ0) is 9.68. The van der Waals surface area contributed by atoms with Crippen LogP contribution < -0.4 is 5.73 Å². The fourth-order valence-electron chi connectivity index (χ4n) is 1.26. The summed E-state index contributed by atoms with van der Waals surface area (Å²) in [5.41, 5.74) is 8.45. The maximum Gasteiger partial charge on any atom is 0.0320 e. The van der Waals surface area contributed by atoms with Gasteiger partial charge < -0.3 is 5.73 Å². The Balaban J connectivity index is 2.65. The molecule has 0 aliphatic rings. The van der Waals surface area contributed by atoms with Crippen LogP contribution in [0.4, 0.5) is 0 Å². The average molecular weight is 196 g/mol. The van der Waals surface area contributed by atoms with E-state index in [1.54, 1.807) is 6.20 Å². The number of hydrogen-bond donors (Lipinski definition) is 1. The predicted molar refractivity (Wildman–Crippen MR) is 58.9 cm³/mol. The highest BCUT2D eigenvalue weighted by atomic mass is 32.2. The van der Waals surface area contributed by atoms with Crippen LogP contribution in [-0.2, 0) is 0 Å². The van der Waals surface area contributed by atoms with Crippen LogP contribution in [0.5, 0.6) is 0 Å². The van der Waals surface area contributed by atoms with Crippen molar-refractivity contribution in [2.45, 2.75) is 19.4 Å². The van der Waals surface area contributed by atoms with Crippen LogP contribution in [0.3, 0.4) is 0 Å². The van der Waals surface area contributed by atoms with Crippen LogP contribution >= 0.6 is 11.8 Å². The summed E-state index contributed by atoms with van der Waals surface area (Å²) in [7, 11) is 0. The average Bonchev–Trinajstić information content (AvgIpc) is 2.15. The van der Waals surface area contributed by atoms with Crippen molar-refractivity contribution < 1.29 is 0 Å². The summed E-state index contributed by atoms with van der Waals surface area (Å²) in [5.74, 6) is 1.11. The van der Waals surface area contributed by atoms with Crippen molar-refractivity contribution in [2.75, 3.05) is 12.0 Å². The molecule has 1 rings (SSSR count). The molecule has 13 heavy (non-hydrogen) atoms. The Kier molecular flexibility index (Phi) is 4.25. The molecule has 2 N–H and O–H groups in total. The minimum atomic E-state index is 0.140. The number of nitrogens with zero attached hydrogens (tertiary/aromatic N) is 1. The molecular formula is C10H16N2S. The SMILES string of the molecule is CSCCC(N)c1cnccc1C. The molecule has 0 fully saturated rings. The first-order valence-corrected chi connectivity index (χ1v) is 5.80. The monoisotopic (exact) mass is 196 g/mol. The van der Waals surface area contributed by atoms with Gasteiger partial charge in [-0.15, -0.1) is 0 Å². The lowest BCUT2D eigenvalue weighted by Gasteiger charge is -2.12. The van der Waals surface area contributed by atoms with Gasteiger partial charge in [0.2, 0.25) is 0 Å². The number of hydrogen-bond acceptors (Lipinski definition) is 3. The fraction of sp³-hybridized carbons (Fsp3) is 0.500. The van der Waals surface area contributed by atoms with Crippen LogP contribution in [0, 0.1) is 6.92 Å². The number of pyridine rings is 1. The van der Waals surface area contributed by atoms with Gasteiger partial charge in [-0.25, -0.2) is 0 Å². The molecule has 0 radical (unpaired) electrons. The maximum absolute atomic E-state index is 6.03. The largest absolute Gasteiger partial charge is 0.324 e. The molecule has 0 spiro atoms. The van der Waals surface area contributed by atoms with Crippen molar-refractivity contribution in [3.63, 3.8) is 0 Å². The molecule has 0 aliphatic carbocycles. The van der Waals surface area contributed by atoms with Crippen molar-refractivity contribution in [3.05, 3.63) is 29.6 Å². The highest BCUT2D eigenvalue weighted by Crippen LogP contribution is 2.18. The first-order valence-electron chi connectivity index (χ1n) is 4.40. The quantitative estimate of drug-likeness (QED) is 0.802. The molecular weight excluding hydrogens is 180 g/mol. The molecule has 3 heteroatoms. The summed E-state index contributed by atoms with van der Waals surface area (Å²) in [6, 6.07) is 2.15. The molecule has 0 aliphatic heterocycles. The Morgan fingerprint density at radius 2 is 2.38 bits per heavy atom. The number of aryl methyl sites for hydroxylation is 1. The Hall–Kier alpha value is -0.540. The van der Waals surface area contributed by atoms with Crippen LogP contribution in [0.25, 0.3) is 0 Å². The zero-order valence-corrected chi connectivity index (χ0v) is 8.97. The smallest absolute Gasteiger partial charge is 0.0320 e. The third-order valence-corrected chi connectivity index (χ3v) is 2.76. The molecule has 0 saturated heterocycles. The van der Waals surface area contributed by atoms with Crippen molar-refractivity contribution in [1.82, 2.24) is 4.98 Å². The Labute approximate surface area is 83.9 Å². The van der Waals surface area contributed by atoms with E-state index < -0.39 is 0 Å². The molecule has 2 nitrogen and oxygen atoms in total. The maximum atomic E-state index is 6.03. The normalized spacial score (nSPS) is 12.8. The van der Waals surface area contributed by atoms with E-state index in [1.165, 1.54) is 11.1 Å². The molecule has 1 aromatic rings. The highest BCUT2D eigenvalue weighted by molar-refractivity contribution is 7.98. The second kappa shape index (κ2) is 5.25. The second-order valence-corrected chi connectivity index (χ2v) is 4.11. The standard InChI is InChI=1S/C10H16N2S/c1-8-3-5-12-7-9(8)10(11)4-6-13-2/h3,5,7,10H,4,6,11H2,1-2H3. The molecule has 0 bridgehead atoms. The van der Waals surface area contributed by atoms with Gasteiger partial charge in [0.15, 0.2) is 0 Å². The lowest BCUT2D eigenvalue weighted by Crippen LogP contribution is -2.12. The molecule has 1 atom stereocenters. The summed E-state index contributed by atoms with van der Waals surface area (Å²) >= 11 is 1.83. The predicted octanol–water partition coefficient (Wildman–Crippen LogP) is 2.14. The van der Waals surface area contributed by atoms with Gasteiger partial charge in [-0.05, 0) is 42.5 Å². The number of aromatic nitrogens is 1. The Morgan fingerprint density at radius 3 is 3.00 bits per heavy atom. The summed E-state index contributed by atoms with van der Waals surface area (Å²) in [6.07, 6.45) is 6.80. The van der Waals surface area contributed by atoms with Crippen molar-refractivity contribution >= 4 is 11.8 Å². The Bertz CT molecular complexity index is 263. The van der Waals surface area contributed by atoms with Gasteiger partial charge in [-0.2, -0.15) is 11.8 Å². The molecule has 1 heterocycles.